The smallest absolute Gasteiger partial charge is 0.226 e. The normalized spacial score (nSPS) is 41.5. The van der Waals surface area contributed by atoms with Gasteiger partial charge in [0.15, 0.2) is 0 Å². The lowest BCUT2D eigenvalue weighted by atomic mass is 9.67. The van der Waals surface area contributed by atoms with E-state index in [9.17, 15) is 9.90 Å². The monoisotopic (exact) mass is 279 g/mol. The average Bonchev–Trinajstić information content (AvgIpc) is 2.86. The number of hydrogen-bond acceptors (Lipinski definition) is 2. The van der Waals surface area contributed by atoms with E-state index in [4.69, 9.17) is 0 Å². The van der Waals surface area contributed by atoms with E-state index in [0.29, 0.717) is 11.8 Å². The molecule has 0 radical (unpaired) electrons. The van der Waals surface area contributed by atoms with Crippen molar-refractivity contribution < 1.29 is 9.90 Å². The molecule has 0 aromatic carbocycles. The zero-order chi connectivity index (χ0) is 14.1. The number of amides is 1. The number of likely N-dealkylation sites (tertiary alicyclic amines) is 1. The van der Waals surface area contributed by atoms with Crippen molar-refractivity contribution in [3.05, 3.63) is 0 Å². The van der Waals surface area contributed by atoms with Crippen LogP contribution in [0.4, 0.5) is 0 Å². The second-order valence-electron chi connectivity index (χ2n) is 7.36. The first-order valence-electron chi connectivity index (χ1n) is 8.62. The van der Waals surface area contributed by atoms with Gasteiger partial charge in [0.2, 0.25) is 5.91 Å². The highest BCUT2D eigenvalue weighted by molar-refractivity contribution is 5.79. The van der Waals surface area contributed by atoms with Gasteiger partial charge in [-0.3, -0.25) is 4.79 Å². The lowest BCUT2D eigenvalue weighted by molar-refractivity contribution is -0.139. The van der Waals surface area contributed by atoms with E-state index >= 15 is 0 Å². The van der Waals surface area contributed by atoms with Gasteiger partial charge in [-0.05, 0) is 43.4 Å². The summed E-state index contributed by atoms with van der Waals surface area (Å²) >= 11 is 0. The highest BCUT2D eigenvalue weighted by Gasteiger charge is 2.40. The number of hydrogen-bond donors (Lipinski definition) is 1. The van der Waals surface area contributed by atoms with Gasteiger partial charge in [0.05, 0.1) is 12.6 Å². The Bertz CT molecular complexity index is 357. The predicted molar refractivity (Wildman–Crippen MR) is 79.2 cm³/mol. The van der Waals surface area contributed by atoms with Crippen LogP contribution in [0, 0.1) is 23.7 Å². The molecule has 0 aromatic heterocycles. The van der Waals surface area contributed by atoms with Crippen LogP contribution in [0.3, 0.4) is 0 Å². The van der Waals surface area contributed by atoms with E-state index in [1.165, 1.54) is 32.1 Å². The topological polar surface area (TPSA) is 40.5 Å². The summed E-state index contributed by atoms with van der Waals surface area (Å²) in [5.74, 6) is 2.75. The van der Waals surface area contributed by atoms with Crippen molar-refractivity contribution in [2.45, 2.75) is 64.3 Å². The molecule has 3 nitrogen and oxygen atoms in total. The van der Waals surface area contributed by atoms with Crippen LogP contribution in [0.1, 0.15) is 58.3 Å². The SMILES string of the molecule is CC1CCN(C(=O)C2CCC3CCCCC3C2)C1CO. The first-order valence-corrected chi connectivity index (χ1v) is 8.62. The zero-order valence-electron chi connectivity index (χ0n) is 12.8. The molecule has 5 atom stereocenters. The number of fused-ring (bicyclic) bond motifs is 1. The van der Waals surface area contributed by atoms with Crippen molar-refractivity contribution >= 4 is 5.91 Å². The van der Waals surface area contributed by atoms with Gasteiger partial charge in [-0.2, -0.15) is 0 Å². The fourth-order valence-corrected chi connectivity index (χ4v) is 4.89. The van der Waals surface area contributed by atoms with Crippen LogP contribution >= 0.6 is 0 Å². The maximum Gasteiger partial charge on any atom is 0.226 e. The van der Waals surface area contributed by atoms with Crippen LogP contribution in [-0.4, -0.2) is 35.1 Å². The first kappa shape index (κ1) is 14.4. The molecule has 3 rings (SSSR count). The van der Waals surface area contributed by atoms with Crippen molar-refractivity contribution in [2.75, 3.05) is 13.2 Å². The number of carbonyl (C=O) groups excluding carboxylic acids is 1. The molecule has 3 fully saturated rings. The minimum atomic E-state index is 0.0755. The van der Waals surface area contributed by atoms with E-state index in [1.807, 2.05) is 4.90 Å². The number of carbonyl (C=O) groups is 1. The highest BCUT2D eigenvalue weighted by atomic mass is 16.3. The second-order valence-corrected chi connectivity index (χ2v) is 7.36. The summed E-state index contributed by atoms with van der Waals surface area (Å²) < 4.78 is 0. The van der Waals surface area contributed by atoms with Crippen molar-refractivity contribution in [2.24, 2.45) is 23.7 Å². The summed E-state index contributed by atoms with van der Waals surface area (Å²) in [6.45, 7) is 3.15. The van der Waals surface area contributed by atoms with Crippen LogP contribution in [0.5, 0.6) is 0 Å². The molecule has 0 bridgehead atoms. The number of rotatable bonds is 2. The van der Waals surface area contributed by atoms with Gasteiger partial charge in [0.25, 0.3) is 0 Å². The summed E-state index contributed by atoms with van der Waals surface area (Å²) in [4.78, 5) is 14.8. The van der Waals surface area contributed by atoms with Gasteiger partial charge in [-0.25, -0.2) is 0 Å². The third kappa shape index (κ3) is 2.61. The molecule has 3 aliphatic rings. The van der Waals surface area contributed by atoms with E-state index in [0.717, 1.165) is 37.6 Å². The molecule has 1 aliphatic heterocycles. The summed E-state index contributed by atoms with van der Waals surface area (Å²) in [6, 6.07) is 0.0755. The van der Waals surface area contributed by atoms with E-state index in [2.05, 4.69) is 6.92 Å². The summed E-state index contributed by atoms with van der Waals surface area (Å²) in [5, 5.41) is 9.55. The third-order valence-electron chi connectivity index (χ3n) is 6.24. The molecular weight excluding hydrogens is 250 g/mol. The fourth-order valence-electron chi connectivity index (χ4n) is 4.89. The number of aliphatic hydroxyl groups excluding tert-OH is 1. The van der Waals surface area contributed by atoms with E-state index < -0.39 is 0 Å². The quantitative estimate of drug-likeness (QED) is 0.844. The summed E-state index contributed by atoms with van der Waals surface area (Å²) in [6.07, 6.45) is 10.0. The summed E-state index contributed by atoms with van der Waals surface area (Å²) in [7, 11) is 0. The molecule has 0 aromatic rings. The molecule has 2 saturated carbocycles. The van der Waals surface area contributed by atoms with Gasteiger partial charge in [-0.15, -0.1) is 0 Å². The number of aliphatic hydroxyl groups is 1. The van der Waals surface area contributed by atoms with E-state index in [1.54, 1.807) is 0 Å². The number of nitrogens with zero attached hydrogens (tertiary/aromatic N) is 1. The third-order valence-corrected chi connectivity index (χ3v) is 6.24. The zero-order valence-corrected chi connectivity index (χ0v) is 12.8. The fraction of sp³-hybridized carbons (Fsp3) is 0.941. The molecule has 1 heterocycles. The van der Waals surface area contributed by atoms with Gasteiger partial charge in [-0.1, -0.05) is 32.6 Å². The molecule has 3 heteroatoms. The Morgan fingerprint density at radius 1 is 1.10 bits per heavy atom. The van der Waals surface area contributed by atoms with Gasteiger partial charge in [0, 0.05) is 12.5 Å². The lowest BCUT2D eigenvalue weighted by Gasteiger charge is -2.40. The molecule has 1 amide bonds. The van der Waals surface area contributed by atoms with Crippen molar-refractivity contribution in [3.63, 3.8) is 0 Å². The maximum atomic E-state index is 12.8. The molecular formula is C17H29NO2. The maximum absolute atomic E-state index is 12.8. The highest BCUT2D eigenvalue weighted by Crippen LogP contribution is 2.43. The van der Waals surface area contributed by atoms with Crippen molar-refractivity contribution in [3.8, 4) is 0 Å². The Morgan fingerprint density at radius 3 is 2.60 bits per heavy atom. The van der Waals surface area contributed by atoms with Crippen LogP contribution in [0.25, 0.3) is 0 Å². The van der Waals surface area contributed by atoms with Gasteiger partial charge in [0.1, 0.15) is 0 Å². The van der Waals surface area contributed by atoms with E-state index in [-0.39, 0.29) is 18.6 Å². The van der Waals surface area contributed by atoms with Gasteiger partial charge >= 0.3 is 0 Å². The van der Waals surface area contributed by atoms with Crippen molar-refractivity contribution in [1.82, 2.24) is 4.90 Å². The standard InChI is InChI=1S/C17H29NO2/c1-12-8-9-18(16(12)11-19)17(20)15-7-6-13-4-2-3-5-14(13)10-15/h12-16,19H,2-11H2,1H3. The Hall–Kier alpha value is -0.570. The van der Waals surface area contributed by atoms with Crippen LogP contribution in [0.2, 0.25) is 0 Å². The largest absolute Gasteiger partial charge is 0.394 e. The molecule has 5 unspecified atom stereocenters. The molecule has 0 spiro atoms. The molecule has 2 aliphatic carbocycles. The first-order chi connectivity index (χ1) is 9.70. The van der Waals surface area contributed by atoms with Crippen molar-refractivity contribution in [1.29, 1.82) is 0 Å². The van der Waals surface area contributed by atoms with Gasteiger partial charge < -0.3 is 10.0 Å². The summed E-state index contributed by atoms with van der Waals surface area (Å²) in [5.41, 5.74) is 0. The minimum absolute atomic E-state index is 0.0755. The Morgan fingerprint density at radius 2 is 1.85 bits per heavy atom. The molecule has 114 valence electrons. The Labute approximate surface area is 122 Å². The van der Waals surface area contributed by atoms with Crippen LogP contribution in [-0.2, 0) is 4.79 Å². The Kier molecular flexibility index (Phi) is 4.34. The van der Waals surface area contributed by atoms with Crippen LogP contribution in [0.15, 0.2) is 0 Å². The second kappa shape index (κ2) is 6.05. The van der Waals surface area contributed by atoms with Crippen LogP contribution < -0.4 is 0 Å². The predicted octanol–water partition coefficient (Wildman–Crippen LogP) is 2.82. The Balaban J connectivity index is 1.63. The molecule has 20 heavy (non-hydrogen) atoms. The minimum Gasteiger partial charge on any atom is -0.394 e. The average molecular weight is 279 g/mol. The molecule has 1 saturated heterocycles. The molecule has 1 N–H and O–H groups in total. The lowest BCUT2D eigenvalue weighted by Crippen LogP contribution is -2.45.